The summed E-state index contributed by atoms with van der Waals surface area (Å²) in [4.78, 5) is 4.55. The highest BCUT2D eigenvalue weighted by atomic mass is 79.9. The fourth-order valence-corrected chi connectivity index (χ4v) is 6.06. The van der Waals surface area contributed by atoms with Gasteiger partial charge in [0.2, 0.25) is 0 Å². The molecule has 1 heterocycles. The first-order valence-electron chi connectivity index (χ1n) is 8.43. The fraction of sp³-hybridized carbons (Fsp3) is 0.722. The standard InChI is InChI=1S/C18H25BrN2/c1-11-3-4-20-17(16(11)19)21-12(2)18-8-13-5-14(9-18)7-15(6-13)10-18/h3-4,12-15H,5-10H2,1-2H3,(H,20,21). The number of aryl methyl sites for hydroxylation is 1. The predicted molar refractivity (Wildman–Crippen MR) is 90.4 cm³/mol. The minimum atomic E-state index is 0.525. The Kier molecular flexibility index (Phi) is 3.33. The molecule has 0 radical (unpaired) electrons. The third-order valence-electron chi connectivity index (χ3n) is 6.44. The molecule has 114 valence electrons. The molecule has 4 fully saturated rings. The molecule has 0 aliphatic heterocycles. The lowest BCUT2D eigenvalue weighted by Crippen LogP contribution is -2.53. The van der Waals surface area contributed by atoms with E-state index >= 15 is 0 Å². The zero-order valence-corrected chi connectivity index (χ0v) is 14.6. The van der Waals surface area contributed by atoms with Crippen molar-refractivity contribution < 1.29 is 0 Å². The maximum Gasteiger partial charge on any atom is 0.140 e. The van der Waals surface area contributed by atoms with Crippen LogP contribution in [0.15, 0.2) is 16.7 Å². The van der Waals surface area contributed by atoms with Crippen molar-refractivity contribution in [2.24, 2.45) is 23.2 Å². The molecular formula is C18H25BrN2. The van der Waals surface area contributed by atoms with Crippen molar-refractivity contribution in [3.8, 4) is 0 Å². The Hall–Kier alpha value is -0.570. The Bertz CT molecular complexity index is 519. The summed E-state index contributed by atoms with van der Waals surface area (Å²) in [6, 6.07) is 2.58. The molecule has 0 amide bonds. The molecule has 4 saturated carbocycles. The monoisotopic (exact) mass is 348 g/mol. The SMILES string of the molecule is Cc1ccnc(NC(C)C23CC4CC(CC(C4)C2)C3)c1Br. The molecule has 4 bridgehead atoms. The van der Waals surface area contributed by atoms with Crippen LogP contribution >= 0.6 is 15.9 Å². The van der Waals surface area contributed by atoms with Crippen molar-refractivity contribution in [3.05, 3.63) is 22.3 Å². The fourth-order valence-electron chi connectivity index (χ4n) is 5.71. The van der Waals surface area contributed by atoms with Gasteiger partial charge in [0.25, 0.3) is 0 Å². The van der Waals surface area contributed by atoms with Gasteiger partial charge in [0, 0.05) is 12.2 Å². The average Bonchev–Trinajstić information content (AvgIpc) is 2.42. The van der Waals surface area contributed by atoms with Crippen LogP contribution in [-0.4, -0.2) is 11.0 Å². The van der Waals surface area contributed by atoms with Gasteiger partial charge in [-0.1, -0.05) is 0 Å². The number of hydrogen-bond acceptors (Lipinski definition) is 2. The number of pyridine rings is 1. The second kappa shape index (κ2) is 4.97. The van der Waals surface area contributed by atoms with Crippen LogP contribution in [0, 0.1) is 30.1 Å². The lowest BCUT2D eigenvalue weighted by atomic mass is 9.48. The summed E-state index contributed by atoms with van der Waals surface area (Å²) in [5, 5.41) is 3.75. The molecular weight excluding hydrogens is 324 g/mol. The Morgan fingerprint density at radius 3 is 2.33 bits per heavy atom. The van der Waals surface area contributed by atoms with Crippen molar-refractivity contribution >= 4 is 21.7 Å². The Balaban J connectivity index is 1.57. The maximum atomic E-state index is 4.55. The summed E-state index contributed by atoms with van der Waals surface area (Å²) in [7, 11) is 0. The van der Waals surface area contributed by atoms with E-state index in [0.717, 1.165) is 28.0 Å². The second-order valence-electron chi connectivity index (χ2n) is 7.94. The van der Waals surface area contributed by atoms with E-state index < -0.39 is 0 Å². The lowest BCUT2D eigenvalue weighted by molar-refractivity contribution is -0.0603. The van der Waals surface area contributed by atoms with Crippen molar-refractivity contribution in [1.82, 2.24) is 4.98 Å². The molecule has 0 aromatic carbocycles. The zero-order chi connectivity index (χ0) is 14.6. The van der Waals surface area contributed by atoms with E-state index in [1.54, 1.807) is 0 Å². The van der Waals surface area contributed by atoms with Gasteiger partial charge in [-0.2, -0.15) is 0 Å². The third kappa shape index (κ3) is 2.32. The van der Waals surface area contributed by atoms with Gasteiger partial charge >= 0.3 is 0 Å². The first-order chi connectivity index (χ1) is 10.1. The third-order valence-corrected chi connectivity index (χ3v) is 7.44. The Labute approximate surface area is 136 Å². The van der Waals surface area contributed by atoms with E-state index in [9.17, 15) is 0 Å². The molecule has 5 rings (SSSR count). The van der Waals surface area contributed by atoms with Gasteiger partial charge in [-0.15, -0.1) is 0 Å². The first kappa shape index (κ1) is 14.0. The van der Waals surface area contributed by atoms with E-state index in [1.165, 1.54) is 44.1 Å². The van der Waals surface area contributed by atoms with Gasteiger partial charge in [-0.3, -0.25) is 0 Å². The van der Waals surface area contributed by atoms with Crippen molar-refractivity contribution in [2.75, 3.05) is 5.32 Å². The van der Waals surface area contributed by atoms with Crippen LogP contribution in [0.25, 0.3) is 0 Å². The molecule has 4 aliphatic rings. The second-order valence-corrected chi connectivity index (χ2v) is 8.73. The molecule has 21 heavy (non-hydrogen) atoms. The number of hydrogen-bond donors (Lipinski definition) is 1. The smallest absolute Gasteiger partial charge is 0.140 e. The maximum absolute atomic E-state index is 4.55. The number of anilines is 1. The Morgan fingerprint density at radius 2 is 1.76 bits per heavy atom. The molecule has 1 aromatic heterocycles. The molecule has 1 aromatic rings. The van der Waals surface area contributed by atoms with Gasteiger partial charge in [-0.25, -0.2) is 4.98 Å². The Morgan fingerprint density at radius 1 is 1.19 bits per heavy atom. The quantitative estimate of drug-likeness (QED) is 0.814. The summed E-state index contributed by atoms with van der Waals surface area (Å²) in [5.41, 5.74) is 1.78. The summed E-state index contributed by atoms with van der Waals surface area (Å²) >= 11 is 3.69. The summed E-state index contributed by atoms with van der Waals surface area (Å²) in [5.74, 6) is 4.05. The van der Waals surface area contributed by atoms with E-state index in [1.807, 2.05) is 6.20 Å². The van der Waals surface area contributed by atoms with Crippen LogP contribution in [0.1, 0.15) is 51.0 Å². The van der Waals surface area contributed by atoms with Gasteiger partial charge in [-0.05, 0) is 103 Å². The van der Waals surface area contributed by atoms with Crippen LogP contribution in [0.3, 0.4) is 0 Å². The highest BCUT2D eigenvalue weighted by molar-refractivity contribution is 9.10. The largest absolute Gasteiger partial charge is 0.366 e. The molecule has 1 unspecified atom stereocenters. The number of aromatic nitrogens is 1. The van der Waals surface area contributed by atoms with Crippen LogP contribution in [0.5, 0.6) is 0 Å². The first-order valence-corrected chi connectivity index (χ1v) is 9.23. The molecule has 3 heteroatoms. The highest BCUT2D eigenvalue weighted by Crippen LogP contribution is 2.61. The normalized spacial score (nSPS) is 38.5. The van der Waals surface area contributed by atoms with Gasteiger partial charge in [0.15, 0.2) is 0 Å². The summed E-state index contributed by atoms with van der Waals surface area (Å²) in [6.07, 6.45) is 10.8. The van der Waals surface area contributed by atoms with E-state index in [-0.39, 0.29) is 0 Å². The van der Waals surface area contributed by atoms with Gasteiger partial charge < -0.3 is 5.32 Å². The van der Waals surface area contributed by atoms with Crippen molar-refractivity contribution in [2.45, 2.75) is 58.4 Å². The number of rotatable bonds is 3. The molecule has 1 N–H and O–H groups in total. The highest BCUT2D eigenvalue weighted by Gasteiger charge is 2.53. The van der Waals surface area contributed by atoms with Crippen molar-refractivity contribution in [1.29, 1.82) is 0 Å². The molecule has 1 atom stereocenters. The van der Waals surface area contributed by atoms with E-state index in [0.29, 0.717) is 11.5 Å². The minimum Gasteiger partial charge on any atom is -0.366 e. The number of nitrogens with one attached hydrogen (secondary N) is 1. The van der Waals surface area contributed by atoms with Crippen molar-refractivity contribution in [3.63, 3.8) is 0 Å². The number of nitrogens with zero attached hydrogens (tertiary/aromatic N) is 1. The molecule has 0 spiro atoms. The summed E-state index contributed by atoms with van der Waals surface area (Å²) < 4.78 is 1.13. The topological polar surface area (TPSA) is 24.9 Å². The van der Waals surface area contributed by atoms with E-state index in [4.69, 9.17) is 0 Å². The van der Waals surface area contributed by atoms with Crippen LogP contribution in [-0.2, 0) is 0 Å². The van der Waals surface area contributed by atoms with Crippen LogP contribution < -0.4 is 5.32 Å². The lowest BCUT2D eigenvalue weighted by Gasteiger charge is -2.59. The minimum absolute atomic E-state index is 0.525. The zero-order valence-electron chi connectivity index (χ0n) is 13.0. The number of halogens is 1. The molecule has 4 aliphatic carbocycles. The van der Waals surface area contributed by atoms with Gasteiger partial charge in [0.05, 0.1) is 4.47 Å². The molecule has 0 saturated heterocycles. The van der Waals surface area contributed by atoms with E-state index in [2.05, 4.69) is 46.1 Å². The van der Waals surface area contributed by atoms with Crippen LogP contribution in [0.2, 0.25) is 0 Å². The average molecular weight is 349 g/mol. The van der Waals surface area contributed by atoms with Gasteiger partial charge in [0.1, 0.15) is 5.82 Å². The summed E-state index contributed by atoms with van der Waals surface area (Å²) in [6.45, 7) is 4.52. The predicted octanol–water partition coefficient (Wildman–Crippen LogP) is 5.17. The van der Waals surface area contributed by atoms with Crippen LogP contribution in [0.4, 0.5) is 5.82 Å². The molecule has 2 nitrogen and oxygen atoms in total.